The van der Waals surface area contributed by atoms with Crippen molar-refractivity contribution in [3.63, 3.8) is 0 Å². The van der Waals surface area contributed by atoms with Gasteiger partial charge in [0.1, 0.15) is 18.1 Å². The van der Waals surface area contributed by atoms with E-state index in [1.165, 1.54) is 0 Å². The van der Waals surface area contributed by atoms with Crippen LogP contribution in [0.2, 0.25) is 0 Å². The van der Waals surface area contributed by atoms with Gasteiger partial charge in [-0.15, -0.1) is 0 Å². The van der Waals surface area contributed by atoms with Crippen molar-refractivity contribution in [1.29, 1.82) is 0 Å². The molecule has 190 valence electrons. The van der Waals surface area contributed by atoms with E-state index in [-0.39, 0.29) is 29.7 Å². The first-order chi connectivity index (χ1) is 18.6. The predicted octanol–water partition coefficient (Wildman–Crippen LogP) is 6.08. The highest BCUT2D eigenvalue weighted by molar-refractivity contribution is 6.12. The topological polar surface area (TPSA) is 71.1 Å². The maximum Gasteiger partial charge on any atom is 0.231 e. The smallest absolute Gasteiger partial charge is 0.231 e. The quantitative estimate of drug-likeness (QED) is 0.270. The zero-order chi connectivity index (χ0) is 26.5. The fourth-order valence-corrected chi connectivity index (χ4v) is 4.38. The van der Waals surface area contributed by atoms with Crippen LogP contribution in [0.3, 0.4) is 0 Å². The Kier molecular flexibility index (Phi) is 6.96. The number of hydrogen-bond donors (Lipinski definition) is 0. The molecule has 6 nitrogen and oxygen atoms in total. The van der Waals surface area contributed by atoms with E-state index >= 15 is 0 Å². The first-order valence-electron chi connectivity index (χ1n) is 12.1. The molecule has 6 heteroatoms. The fourth-order valence-electron chi connectivity index (χ4n) is 4.38. The highest BCUT2D eigenvalue weighted by Crippen LogP contribution is 2.42. The van der Waals surface area contributed by atoms with Gasteiger partial charge in [0, 0.05) is 22.3 Å². The van der Waals surface area contributed by atoms with Gasteiger partial charge in [0.25, 0.3) is 0 Å². The molecule has 0 radical (unpaired) electrons. The molecular formula is C32H26O6. The summed E-state index contributed by atoms with van der Waals surface area (Å²) in [6.07, 6.45) is 0. The Labute approximate surface area is 221 Å². The zero-order valence-corrected chi connectivity index (χ0v) is 21.0. The lowest BCUT2D eigenvalue weighted by Gasteiger charge is -2.38. The van der Waals surface area contributed by atoms with Crippen LogP contribution in [0.15, 0.2) is 115 Å². The van der Waals surface area contributed by atoms with E-state index in [0.29, 0.717) is 33.8 Å². The summed E-state index contributed by atoms with van der Waals surface area (Å²) in [5, 5.41) is 0. The van der Waals surface area contributed by atoms with Crippen molar-refractivity contribution < 1.29 is 28.5 Å². The summed E-state index contributed by atoms with van der Waals surface area (Å²) in [5.74, 6) is 0.856. The van der Waals surface area contributed by atoms with Gasteiger partial charge < -0.3 is 18.9 Å². The van der Waals surface area contributed by atoms with Crippen LogP contribution in [-0.2, 0) is 15.1 Å². The van der Waals surface area contributed by atoms with Crippen molar-refractivity contribution in [3.05, 3.63) is 137 Å². The molecule has 0 saturated heterocycles. The fraction of sp³-hybridized carbons (Fsp3) is 0.125. The highest BCUT2D eigenvalue weighted by atomic mass is 16.6. The molecule has 0 amide bonds. The molecule has 0 saturated carbocycles. The van der Waals surface area contributed by atoms with E-state index in [9.17, 15) is 9.59 Å². The normalized spacial score (nSPS) is 16.7. The molecule has 4 aromatic carbocycles. The molecule has 1 aliphatic rings. The van der Waals surface area contributed by atoms with Gasteiger partial charge in [-0.25, -0.2) is 0 Å². The number of benzene rings is 4. The summed E-state index contributed by atoms with van der Waals surface area (Å²) >= 11 is 0. The number of Topliss-reactive ketones (excluding diaryl/α,β-unsaturated/α-hetero) is 2. The summed E-state index contributed by atoms with van der Waals surface area (Å²) in [6.45, 7) is -0.194. The first-order valence-corrected chi connectivity index (χ1v) is 12.1. The average molecular weight is 507 g/mol. The van der Waals surface area contributed by atoms with Crippen LogP contribution in [0.5, 0.6) is 11.5 Å². The molecule has 0 fully saturated rings. The lowest BCUT2D eigenvalue weighted by molar-refractivity contribution is -0.0360. The molecule has 5 rings (SSSR count). The Balaban J connectivity index is 1.69. The van der Waals surface area contributed by atoms with E-state index in [4.69, 9.17) is 18.9 Å². The molecule has 0 aromatic heterocycles. The Bertz CT molecular complexity index is 1460. The SMILES string of the molecule is COc1ccc(C2=C(C(=O)c3ccccc3)OCC(C(=O)c3ccccc3)(c3ccc(OC)cc3)O2)cc1. The van der Waals surface area contributed by atoms with E-state index in [1.807, 2.05) is 12.1 Å². The number of rotatable bonds is 8. The minimum Gasteiger partial charge on any atom is -0.497 e. The van der Waals surface area contributed by atoms with Crippen LogP contribution in [-0.4, -0.2) is 32.4 Å². The van der Waals surface area contributed by atoms with Gasteiger partial charge in [-0.05, 0) is 36.4 Å². The van der Waals surface area contributed by atoms with Crippen LogP contribution in [0.1, 0.15) is 31.8 Å². The van der Waals surface area contributed by atoms with Gasteiger partial charge in [-0.3, -0.25) is 9.59 Å². The van der Waals surface area contributed by atoms with E-state index in [1.54, 1.807) is 111 Å². The van der Waals surface area contributed by atoms with Gasteiger partial charge in [-0.1, -0.05) is 72.8 Å². The van der Waals surface area contributed by atoms with Crippen molar-refractivity contribution >= 4 is 17.3 Å². The van der Waals surface area contributed by atoms with E-state index in [0.717, 1.165) is 0 Å². The maximum atomic E-state index is 14.1. The molecule has 1 unspecified atom stereocenters. The number of allylic oxidation sites excluding steroid dienone is 1. The standard InChI is InChI=1S/C32H26O6/c1-35-26-17-13-23(14-18-26)29-30(28(33)22-9-5-3-6-10-22)37-21-32(38-29,25-15-19-27(36-2)20-16-25)31(34)24-11-7-4-8-12-24/h3-20H,21H2,1-2H3. The van der Waals surface area contributed by atoms with Crippen LogP contribution < -0.4 is 9.47 Å². The molecule has 0 N–H and O–H groups in total. The van der Waals surface area contributed by atoms with Crippen LogP contribution >= 0.6 is 0 Å². The number of ether oxygens (including phenoxy) is 4. The number of carbonyl (C=O) groups excluding carboxylic acids is 2. The summed E-state index contributed by atoms with van der Waals surface area (Å²) in [5.41, 5.74) is 0.499. The third-order valence-corrected chi connectivity index (χ3v) is 6.46. The minimum atomic E-state index is -1.55. The second-order valence-electron chi connectivity index (χ2n) is 8.72. The van der Waals surface area contributed by atoms with E-state index in [2.05, 4.69) is 0 Å². The number of ketones is 2. The minimum absolute atomic E-state index is 0.0337. The first kappa shape index (κ1) is 24.8. The Hall–Kier alpha value is -4.84. The van der Waals surface area contributed by atoms with E-state index < -0.39 is 5.60 Å². The molecule has 0 spiro atoms. The molecule has 0 aliphatic carbocycles. The van der Waals surface area contributed by atoms with Crippen molar-refractivity contribution in [3.8, 4) is 11.5 Å². The summed E-state index contributed by atoms with van der Waals surface area (Å²) < 4.78 is 23.5. The molecule has 1 atom stereocenters. The Morgan fingerprint density at radius 3 is 1.76 bits per heavy atom. The third kappa shape index (κ3) is 4.64. The van der Waals surface area contributed by atoms with Crippen molar-refractivity contribution in [2.75, 3.05) is 20.8 Å². The monoisotopic (exact) mass is 506 g/mol. The average Bonchev–Trinajstić information content (AvgIpc) is 3.01. The molecule has 1 aliphatic heterocycles. The molecule has 4 aromatic rings. The summed E-state index contributed by atoms with van der Waals surface area (Å²) in [7, 11) is 3.15. The number of hydrogen-bond acceptors (Lipinski definition) is 6. The van der Waals surface area contributed by atoms with Gasteiger partial charge in [-0.2, -0.15) is 0 Å². The highest BCUT2D eigenvalue weighted by Gasteiger charge is 2.49. The lowest BCUT2D eigenvalue weighted by Crippen LogP contribution is -2.46. The van der Waals surface area contributed by atoms with Crippen LogP contribution in [0.25, 0.3) is 5.76 Å². The molecule has 0 bridgehead atoms. The second kappa shape index (κ2) is 10.6. The molecule has 1 heterocycles. The van der Waals surface area contributed by atoms with Gasteiger partial charge in [0.05, 0.1) is 14.2 Å². The summed E-state index contributed by atoms with van der Waals surface area (Å²) in [6, 6.07) is 31.9. The predicted molar refractivity (Wildman–Crippen MR) is 143 cm³/mol. The number of methoxy groups -OCH3 is 2. The van der Waals surface area contributed by atoms with Crippen LogP contribution in [0.4, 0.5) is 0 Å². The van der Waals surface area contributed by atoms with Crippen molar-refractivity contribution in [1.82, 2.24) is 0 Å². The Morgan fingerprint density at radius 1 is 0.684 bits per heavy atom. The molecular weight excluding hydrogens is 480 g/mol. The van der Waals surface area contributed by atoms with Crippen molar-refractivity contribution in [2.24, 2.45) is 0 Å². The van der Waals surface area contributed by atoms with Crippen LogP contribution in [0, 0.1) is 0 Å². The third-order valence-electron chi connectivity index (χ3n) is 6.46. The Morgan fingerprint density at radius 2 is 1.21 bits per heavy atom. The second-order valence-corrected chi connectivity index (χ2v) is 8.72. The van der Waals surface area contributed by atoms with Gasteiger partial charge in [0.15, 0.2) is 5.76 Å². The van der Waals surface area contributed by atoms with Gasteiger partial charge in [0.2, 0.25) is 22.9 Å². The lowest BCUT2D eigenvalue weighted by atomic mass is 9.85. The summed E-state index contributed by atoms with van der Waals surface area (Å²) in [4.78, 5) is 27.7. The number of carbonyl (C=O) groups is 2. The zero-order valence-electron chi connectivity index (χ0n) is 21.0. The largest absolute Gasteiger partial charge is 0.497 e. The van der Waals surface area contributed by atoms with Gasteiger partial charge >= 0.3 is 0 Å². The maximum absolute atomic E-state index is 14.1. The van der Waals surface area contributed by atoms with Crippen molar-refractivity contribution in [2.45, 2.75) is 5.60 Å². The molecule has 38 heavy (non-hydrogen) atoms.